The average Bonchev–Trinajstić information content (AvgIpc) is 2.68. The Morgan fingerprint density at radius 2 is 1.63 bits per heavy atom. The summed E-state index contributed by atoms with van der Waals surface area (Å²) in [5.74, 6) is -0.0963. The number of anilines is 2. The molecule has 0 unspecified atom stereocenters. The number of hydrogen-bond donors (Lipinski definition) is 2. The Morgan fingerprint density at radius 1 is 0.900 bits per heavy atom. The van der Waals surface area contributed by atoms with Gasteiger partial charge >= 0.3 is 0 Å². The molecule has 2 N–H and O–H groups in total. The van der Waals surface area contributed by atoms with E-state index in [0.717, 1.165) is 16.8 Å². The van der Waals surface area contributed by atoms with Gasteiger partial charge in [0.25, 0.3) is 15.9 Å². The summed E-state index contributed by atoms with van der Waals surface area (Å²) in [4.78, 5) is 13.0. The van der Waals surface area contributed by atoms with Gasteiger partial charge in [-0.15, -0.1) is 0 Å². The van der Waals surface area contributed by atoms with Crippen molar-refractivity contribution in [2.45, 2.75) is 38.5 Å². The maximum Gasteiger partial charge on any atom is 0.261 e. The average molecular weight is 423 g/mol. The van der Waals surface area contributed by atoms with Gasteiger partial charge in [0.2, 0.25) is 0 Å². The molecule has 0 spiro atoms. The van der Waals surface area contributed by atoms with E-state index >= 15 is 0 Å². The predicted molar refractivity (Wildman–Crippen MR) is 122 cm³/mol. The molecule has 0 saturated heterocycles. The van der Waals surface area contributed by atoms with Crippen LogP contribution in [0.15, 0.2) is 71.6 Å². The number of aryl methyl sites for hydroxylation is 2. The highest BCUT2D eigenvalue weighted by atomic mass is 32.2. The van der Waals surface area contributed by atoms with Crippen LogP contribution in [0.5, 0.6) is 0 Å². The lowest BCUT2D eigenvalue weighted by atomic mass is 10.0. The standard InChI is InChI=1S/C24H26N2O3S/c1-16(2)21-10-5-6-11-23(21)25-24(27)22-15-20(13-12-18(22)4)30(28,29)26-19-9-7-8-17(3)14-19/h5-16,26H,1-4H3,(H,25,27). The Kier molecular flexibility index (Phi) is 6.27. The molecule has 3 rings (SSSR count). The van der Waals surface area contributed by atoms with Crippen molar-refractivity contribution in [1.29, 1.82) is 0 Å². The minimum atomic E-state index is -3.83. The summed E-state index contributed by atoms with van der Waals surface area (Å²) in [7, 11) is -3.83. The summed E-state index contributed by atoms with van der Waals surface area (Å²) in [5.41, 5.74) is 4.19. The van der Waals surface area contributed by atoms with Crippen LogP contribution in [0.25, 0.3) is 0 Å². The molecule has 0 fully saturated rings. The van der Waals surface area contributed by atoms with Crippen molar-refractivity contribution in [3.8, 4) is 0 Å². The summed E-state index contributed by atoms with van der Waals surface area (Å²) < 4.78 is 28.3. The van der Waals surface area contributed by atoms with Crippen LogP contribution >= 0.6 is 0 Å². The number of amides is 1. The molecule has 0 heterocycles. The molecule has 6 heteroatoms. The van der Waals surface area contributed by atoms with E-state index in [1.807, 2.05) is 37.3 Å². The molecular formula is C24H26N2O3S. The second kappa shape index (κ2) is 8.71. The van der Waals surface area contributed by atoms with E-state index < -0.39 is 10.0 Å². The van der Waals surface area contributed by atoms with Gasteiger partial charge in [0.1, 0.15) is 0 Å². The number of sulfonamides is 1. The monoisotopic (exact) mass is 422 g/mol. The lowest BCUT2D eigenvalue weighted by Crippen LogP contribution is -2.18. The summed E-state index contributed by atoms with van der Waals surface area (Å²) in [6.07, 6.45) is 0. The molecule has 3 aromatic carbocycles. The number of para-hydroxylation sites is 1. The molecule has 3 aromatic rings. The number of carbonyl (C=O) groups is 1. The molecule has 0 bridgehead atoms. The fraction of sp³-hybridized carbons (Fsp3) is 0.208. The van der Waals surface area contributed by atoms with Gasteiger partial charge in [0, 0.05) is 16.9 Å². The fourth-order valence-corrected chi connectivity index (χ4v) is 4.31. The Labute approximate surface area is 178 Å². The first-order chi connectivity index (χ1) is 14.2. The third kappa shape index (κ3) is 4.89. The van der Waals surface area contributed by atoms with Gasteiger partial charge in [0.15, 0.2) is 0 Å². The van der Waals surface area contributed by atoms with Crippen LogP contribution in [0, 0.1) is 13.8 Å². The number of carbonyl (C=O) groups excluding carboxylic acids is 1. The topological polar surface area (TPSA) is 75.3 Å². The molecule has 0 aliphatic heterocycles. The number of rotatable bonds is 6. The van der Waals surface area contributed by atoms with E-state index in [9.17, 15) is 13.2 Å². The Morgan fingerprint density at radius 3 is 2.33 bits per heavy atom. The van der Waals surface area contributed by atoms with E-state index in [1.54, 1.807) is 31.2 Å². The van der Waals surface area contributed by atoms with Gasteiger partial charge in [-0.1, -0.05) is 50.2 Å². The largest absolute Gasteiger partial charge is 0.322 e. The van der Waals surface area contributed by atoms with Crippen LogP contribution in [0.3, 0.4) is 0 Å². The molecule has 0 aromatic heterocycles. The van der Waals surface area contributed by atoms with Crippen molar-refractivity contribution in [2.75, 3.05) is 10.0 Å². The first-order valence-corrected chi connectivity index (χ1v) is 11.3. The van der Waals surface area contributed by atoms with Crippen molar-refractivity contribution in [1.82, 2.24) is 0 Å². The van der Waals surface area contributed by atoms with Crippen LogP contribution in [-0.4, -0.2) is 14.3 Å². The minimum Gasteiger partial charge on any atom is -0.322 e. The third-order valence-corrected chi connectivity index (χ3v) is 6.24. The Balaban J connectivity index is 1.90. The van der Waals surface area contributed by atoms with Crippen LogP contribution in [0.2, 0.25) is 0 Å². The van der Waals surface area contributed by atoms with Crippen molar-refractivity contribution >= 4 is 27.3 Å². The summed E-state index contributed by atoms with van der Waals surface area (Å²) in [5, 5.41) is 2.93. The zero-order valence-corrected chi connectivity index (χ0v) is 18.4. The Bertz CT molecular complexity index is 1180. The number of nitrogens with one attached hydrogen (secondary N) is 2. The van der Waals surface area contributed by atoms with E-state index in [4.69, 9.17) is 0 Å². The molecule has 0 radical (unpaired) electrons. The van der Waals surface area contributed by atoms with Gasteiger partial charge in [0.05, 0.1) is 4.90 Å². The maximum atomic E-state index is 13.0. The number of benzene rings is 3. The highest BCUT2D eigenvalue weighted by molar-refractivity contribution is 7.92. The molecule has 5 nitrogen and oxygen atoms in total. The molecule has 30 heavy (non-hydrogen) atoms. The molecular weight excluding hydrogens is 396 g/mol. The summed E-state index contributed by atoms with van der Waals surface area (Å²) in [6.45, 7) is 7.79. The Hall–Kier alpha value is -3.12. The molecule has 156 valence electrons. The fourth-order valence-electron chi connectivity index (χ4n) is 3.24. The lowest BCUT2D eigenvalue weighted by molar-refractivity contribution is 0.102. The van der Waals surface area contributed by atoms with Crippen LogP contribution < -0.4 is 10.0 Å². The van der Waals surface area contributed by atoms with Crippen molar-refractivity contribution < 1.29 is 13.2 Å². The lowest BCUT2D eigenvalue weighted by Gasteiger charge is -2.15. The van der Waals surface area contributed by atoms with Crippen LogP contribution in [0.4, 0.5) is 11.4 Å². The normalized spacial score (nSPS) is 11.4. The molecule has 0 aliphatic rings. The smallest absolute Gasteiger partial charge is 0.261 e. The van der Waals surface area contributed by atoms with E-state index in [1.165, 1.54) is 12.1 Å². The summed E-state index contributed by atoms with van der Waals surface area (Å²) >= 11 is 0. The van der Waals surface area contributed by atoms with Gasteiger partial charge < -0.3 is 5.32 Å². The zero-order chi connectivity index (χ0) is 21.9. The van der Waals surface area contributed by atoms with E-state index in [0.29, 0.717) is 16.8 Å². The quantitative estimate of drug-likeness (QED) is 0.552. The maximum absolute atomic E-state index is 13.0. The van der Waals surface area contributed by atoms with Gasteiger partial charge in [-0.3, -0.25) is 9.52 Å². The predicted octanol–water partition coefficient (Wildman–Crippen LogP) is 5.48. The van der Waals surface area contributed by atoms with Gasteiger partial charge in [-0.25, -0.2) is 8.42 Å². The SMILES string of the molecule is Cc1cccc(NS(=O)(=O)c2ccc(C)c(C(=O)Nc3ccccc3C(C)C)c2)c1. The minimum absolute atomic E-state index is 0.0388. The first-order valence-electron chi connectivity index (χ1n) is 9.78. The van der Waals surface area contributed by atoms with Crippen molar-refractivity contribution in [3.05, 3.63) is 89.0 Å². The molecule has 0 saturated carbocycles. The zero-order valence-electron chi connectivity index (χ0n) is 17.6. The molecule has 0 atom stereocenters. The summed E-state index contributed by atoms with van der Waals surface area (Å²) in [6, 6.07) is 19.3. The second-order valence-corrected chi connectivity index (χ2v) is 9.33. The van der Waals surface area contributed by atoms with Gasteiger partial charge in [-0.2, -0.15) is 0 Å². The molecule has 1 amide bonds. The number of hydrogen-bond acceptors (Lipinski definition) is 3. The van der Waals surface area contributed by atoms with E-state index in [-0.39, 0.29) is 16.7 Å². The van der Waals surface area contributed by atoms with E-state index in [2.05, 4.69) is 23.9 Å². The van der Waals surface area contributed by atoms with Gasteiger partial charge in [-0.05, 0) is 66.8 Å². The van der Waals surface area contributed by atoms with Crippen molar-refractivity contribution in [2.24, 2.45) is 0 Å². The third-order valence-electron chi connectivity index (χ3n) is 4.87. The highest BCUT2D eigenvalue weighted by Crippen LogP contribution is 2.25. The van der Waals surface area contributed by atoms with Crippen LogP contribution in [-0.2, 0) is 10.0 Å². The molecule has 0 aliphatic carbocycles. The van der Waals surface area contributed by atoms with Crippen LogP contribution in [0.1, 0.15) is 46.8 Å². The highest BCUT2D eigenvalue weighted by Gasteiger charge is 2.19. The first kappa shape index (κ1) is 21.6. The van der Waals surface area contributed by atoms with Crippen molar-refractivity contribution in [3.63, 3.8) is 0 Å². The second-order valence-electron chi connectivity index (χ2n) is 7.65.